The van der Waals surface area contributed by atoms with Crippen molar-refractivity contribution < 1.29 is 23.0 Å². The maximum absolute atomic E-state index is 15.7. The van der Waals surface area contributed by atoms with Gasteiger partial charge < -0.3 is 24.6 Å². The van der Waals surface area contributed by atoms with Crippen molar-refractivity contribution in [1.82, 2.24) is 29.4 Å². The van der Waals surface area contributed by atoms with E-state index in [9.17, 15) is 14.0 Å². The van der Waals surface area contributed by atoms with Gasteiger partial charge in [-0.1, -0.05) is 12.1 Å². The molecule has 1 amide bonds. The average Bonchev–Trinajstić information content (AvgIpc) is 3.52. The Hall–Kier alpha value is -6.15. The third-order valence-electron chi connectivity index (χ3n) is 9.13. The number of anilines is 2. The molecule has 0 bridgehead atoms. The van der Waals surface area contributed by atoms with Crippen molar-refractivity contribution >= 4 is 28.4 Å². The Morgan fingerprint density at radius 3 is 2.38 bits per heavy atom. The van der Waals surface area contributed by atoms with E-state index < -0.39 is 23.1 Å². The number of methoxy groups -OCH3 is 1. The van der Waals surface area contributed by atoms with Crippen LogP contribution in [0.3, 0.4) is 0 Å². The first-order valence-electron chi connectivity index (χ1n) is 16.7. The van der Waals surface area contributed by atoms with E-state index in [1.165, 1.54) is 48.7 Å². The van der Waals surface area contributed by atoms with Crippen LogP contribution < -0.4 is 25.2 Å². The van der Waals surface area contributed by atoms with Crippen molar-refractivity contribution in [3.63, 3.8) is 0 Å². The van der Waals surface area contributed by atoms with Gasteiger partial charge in [-0.25, -0.2) is 18.4 Å². The van der Waals surface area contributed by atoms with Gasteiger partial charge in [0.25, 0.3) is 11.5 Å². The Balaban J connectivity index is 1.16. The monoisotopic (exact) mass is 706 g/mol. The number of ether oxygens (including phenoxy) is 2. The molecule has 1 N–H and O–H groups in total. The van der Waals surface area contributed by atoms with E-state index in [2.05, 4.69) is 39.3 Å². The molecular weight excluding hydrogens is 670 g/mol. The first-order valence-corrected chi connectivity index (χ1v) is 16.7. The minimum Gasteiger partial charge on any atom is -0.497 e. The summed E-state index contributed by atoms with van der Waals surface area (Å²) in [6, 6.07) is 20.3. The number of pyridine rings is 1. The van der Waals surface area contributed by atoms with Crippen LogP contribution in [-0.4, -0.2) is 75.7 Å². The lowest BCUT2D eigenvalue weighted by Crippen LogP contribution is -2.42. The van der Waals surface area contributed by atoms with E-state index in [0.717, 1.165) is 48.0 Å². The van der Waals surface area contributed by atoms with Crippen LogP contribution in [0.25, 0.3) is 16.7 Å². The summed E-state index contributed by atoms with van der Waals surface area (Å²) in [4.78, 5) is 35.3. The van der Waals surface area contributed by atoms with Gasteiger partial charge in [-0.15, -0.1) is 0 Å². The largest absolute Gasteiger partial charge is 0.497 e. The van der Waals surface area contributed by atoms with Crippen LogP contribution in [0.15, 0.2) is 96.1 Å². The maximum Gasteiger partial charge on any atom is 0.284 e. The number of fused-ring (bicyclic) bond motifs is 1. The fourth-order valence-electron chi connectivity index (χ4n) is 6.30. The number of hydrogen-bond donors (Lipinski definition) is 1. The zero-order valence-corrected chi connectivity index (χ0v) is 28.8. The van der Waals surface area contributed by atoms with E-state index in [4.69, 9.17) is 14.6 Å². The molecule has 1 aliphatic heterocycles. The number of hydrogen-bond acceptors (Lipinski definition) is 9. The molecule has 52 heavy (non-hydrogen) atoms. The highest BCUT2D eigenvalue weighted by Gasteiger charge is 2.27. The molecule has 3 aromatic heterocycles. The van der Waals surface area contributed by atoms with Crippen LogP contribution in [-0.2, 0) is 6.54 Å². The number of nitrogens with zero attached hydrogens (tertiary/aromatic N) is 7. The predicted molar refractivity (Wildman–Crippen MR) is 193 cm³/mol. The molecule has 0 unspecified atom stereocenters. The molecule has 7 rings (SSSR count). The van der Waals surface area contributed by atoms with Crippen LogP contribution in [0, 0.1) is 11.6 Å². The Labute approximate surface area is 297 Å². The van der Waals surface area contributed by atoms with Gasteiger partial charge in [0.1, 0.15) is 28.3 Å². The highest BCUT2D eigenvalue weighted by Crippen LogP contribution is 2.38. The predicted octanol–water partition coefficient (Wildman–Crippen LogP) is 5.89. The highest BCUT2D eigenvalue weighted by atomic mass is 19.1. The van der Waals surface area contributed by atoms with E-state index in [0.29, 0.717) is 35.2 Å². The zero-order valence-electron chi connectivity index (χ0n) is 28.8. The molecule has 14 heteroatoms. The van der Waals surface area contributed by atoms with Crippen molar-refractivity contribution in [3.05, 3.63) is 124 Å². The number of amides is 1. The first kappa shape index (κ1) is 34.3. The zero-order chi connectivity index (χ0) is 36.4. The van der Waals surface area contributed by atoms with Crippen molar-refractivity contribution in [1.29, 1.82) is 0 Å². The van der Waals surface area contributed by atoms with Gasteiger partial charge in [-0.3, -0.25) is 9.59 Å². The fourth-order valence-corrected chi connectivity index (χ4v) is 6.30. The molecular formula is C38H36F2N8O4. The van der Waals surface area contributed by atoms with E-state index >= 15 is 4.39 Å². The molecule has 0 saturated carbocycles. The third kappa shape index (κ3) is 7.05. The molecule has 1 fully saturated rings. The second-order valence-electron chi connectivity index (χ2n) is 12.7. The standard InChI is InChI=1S/C38H36F2N8O4/c1-45(2)27-16-20-46(21-17-27)36-34-33(15-18-41-35(34)47(44-36)23-24-4-11-29(51-3)12-5-24)52-32-13-8-26(22-31(32)40)43-37(49)30-14-19-42-48(38(30)50)28-9-6-25(39)7-10-28/h4-15,18-19,22,27H,16-17,20-21,23H2,1-3H3,(H,43,49). The number of aromatic nitrogens is 5. The number of rotatable bonds is 10. The topological polar surface area (TPSA) is 120 Å². The Morgan fingerprint density at radius 1 is 0.942 bits per heavy atom. The lowest BCUT2D eigenvalue weighted by Gasteiger charge is -2.35. The van der Waals surface area contributed by atoms with Gasteiger partial charge in [-0.05, 0) is 87.1 Å². The fraction of sp³-hybridized carbons (Fsp3) is 0.237. The Morgan fingerprint density at radius 2 is 1.69 bits per heavy atom. The molecule has 6 aromatic rings. The Bertz CT molecular complexity index is 2280. The van der Waals surface area contributed by atoms with Gasteiger partial charge in [0, 0.05) is 49.3 Å². The molecule has 266 valence electrons. The van der Waals surface area contributed by atoms with Gasteiger partial charge in [0.05, 0.1) is 19.3 Å². The quantitative estimate of drug-likeness (QED) is 0.186. The molecule has 0 spiro atoms. The molecule has 0 aliphatic carbocycles. The van der Waals surface area contributed by atoms with Crippen LogP contribution in [0.4, 0.5) is 20.3 Å². The summed E-state index contributed by atoms with van der Waals surface area (Å²) in [5, 5.41) is 12.2. The van der Waals surface area contributed by atoms with Crippen molar-refractivity contribution in [2.45, 2.75) is 25.4 Å². The molecule has 4 heterocycles. The minimum absolute atomic E-state index is 0.0757. The summed E-state index contributed by atoms with van der Waals surface area (Å²) >= 11 is 0. The Kier molecular flexibility index (Phi) is 9.63. The summed E-state index contributed by atoms with van der Waals surface area (Å²) < 4.78 is 43.4. The number of carbonyl (C=O) groups excluding carboxylic acids is 1. The van der Waals surface area contributed by atoms with E-state index in [1.807, 2.05) is 28.9 Å². The van der Waals surface area contributed by atoms with Gasteiger partial charge in [-0.2, -0.15) is 14.9 Å². The normalized spacial score (nSPS) is 13.5. The molecule has 3 aromatic carbocycles. The summed E-state index contributed by atoms with van der Waals surface area (Å²) in [5.74, 6) is -0.217. The van der Waals surface area contributed by atoms with E-state index in [1.54, 1.807) is 19.4 Å². The summed E-state index contributed by atoms with van der Waals surface area (Å²) in [5.41, 5.74) is 1.03. The van der Waals surface area contributed by atoms with Crippen molar-refractivity contribution in [2.24, 2.45) is 0 Å². The average molecular weight is 707 g/mol. The number of nitrogens with one attached hydrogen (secondary N) is 1. The lowest BCUT2D eigenvalue weighted by molar-refractivity contribution is 0.102. The SMILES string of the molecule is COc1ccc(Cn2nc(N3CCC(N(C)C)CC3)c3c(Oc4ccc(NC(=O)c5ccnn(-c6ccc(F)cc6)c5=O)cc4F)ccnc32)cc1. The summed E-state index contributed by atoms with van der Waals surface area (Å²) in [6.07, 6.45) is 4.80. The van der Waals surface area contributed by atoms with Crippen LogP contribution in [0.5, 0.6) is 17.2 Å². The molecule has 1 saturated heterocycles. The van der Waals surface area contributed by atoms with Gasteiger partial charge in [0.15, 0.2) is 23.0 Å². The molecule has 0 radical (unpaired) electrons. The lowest BCUT2D eigenvalue weighted by atomic mass is 10.0. The van der Waals surface area contributed by atoms with Crippen molar-refractivity contribution in [3.8, 4) is 22.9 Å². The summed E-state index contributed by atoms with van der Waals surface area (Å²) in [7, 11) is 5.80. The maximum atomic E-state index is 15.7. The summed E-state index contributed by atoms with van der Waals surface area (Å²) in [6.45, 7) is 2.00. The van der Waals surface area contributed by atoms with Crippen molar-refractivity contribution in [2.75, 3.05) is 44.5 Å². The first-order chi connectivity index (χ1) is 25.2. The van der Waals surface area contributed by atoms with Gasteiger partial charge >= 0.3 is 0 Å². The minimum atomic E-state index is -0.765. The second-order valence-corrected chi connectivity index (χ2v) is 12.7. The van der Waals surface area contributed by atoms with Gasteiger partial charge in [0.2, 0.25) is 0 Å². The van der Waals surface area contributed by atoms with E-state index in [-0.39, 0.29) is 22.7 Å². The van der Waals surface area contributed by atoms with Crippen LogP contribution in [0.2, 0.25) is 0 Å². The smallest absolute Gasteiger partial charge is 0.284 e. The van der Waals surface area contributed by atoms with Crippen LogP contribution in [0.1, 0.15) is 28.8 Å². The van der Waals surface area contributed by atoms with Crippen LogP contribution >= 0.6 is 0 Å². The number of benzene rings is 3. The molecule has 0 atom stereocenters. The number of piperidine rings is 1. The molecule has 1 aliphatic rings. The highest BCUT2D eigenvalue weighted by molar-refractivity contribution is 6.04. The third-order valence-corrected chi connectivity index (χ3v) is 9.13. The molecule has 12 nitrogen and oxygen atoms in total. The second kappa shape index (κ2) is 14.6. The number of halogens is 2. The number of carbonyl (C=O) groups is 1.